The molecule has 2 rings (SSSR count). The van der Waals surface area contributed by atoms with Gasteiger partial charge < -0.3 is 4.57 Å². The van der Waals surface area contributed by atoms with Crippen LogP contribution in [0.25, 0.3) is 0 Å². The number of nitrogens with one attached hydrogen (secondary N) is 1. The normalized spacial score (nSPS) is 12.1. The van der Waals surface area contributed by atoms with Gasteiger partial charge in [0, 0.05) is 25.2 Å². The lowest BCUT2D eigenvalue weighted by atomic mass is 10.0. The zero-order chi connectivity index (χ0) is 13.7. The molecule has 0 radical (unpaired) electrons. The molecule has 0 aliphatic heterocycles. The highest BCUT2D eigenvalue weighted by molar-refractivity contribution is 7.99. The van der Waals surface area contributed by atoms with Crippen molar-refractivity contribution in [3.8, 4) is 0 Å². The molecule has 0 spiro atoms. The second-order valence-corrected chi connectivity index (χ2v) is 5.09. The van der Waals surface area contributed by atoms with E-state index < -0.39 is 0 Å². The summed E-state index contributed by atoms with van der Waals surface area (Å²) in [7, 11) is 1.93. The molecule has 0 aliphatic carbocycles. The monoisotopic (exact) mass is 276 g/mol. The summed E-state index contributed by atoms with van der Waals surface area (Å²) in [5, 5.41) is 0.880. The third-order valence-electron chi connectivity index (χ3n) is 2.82. The van der Waals surface area contributed by atoms with Gasteiger partial charge in [-0.1, -0.05) is 42.1 Å². The molecule has 0 aliphatic rings. The van der Waals surface area contributed by atoms with Crippen LogP contribution < -0.4 is 11.3 Å². The highest BCUT2D eigenvalue weighted by atomic mass is 32.2. The smallest absolute Gasteiger partial charge is 0.242 e. The fourth-order valence-electron chi connectivity index (χ4n) is 1.76. The lowest BCUT2D eigenvalue weighted by molar-refractivity contribution is -0.122. The summed E-state index contributed by atoms with van der Waals surface area (Å²) in [4.78, 5) is 16.1. The molecule has 0 bridgehead atoms. The minimum atomic E-state index is -0.284. The largest absolute Gasteiger partial charge is 0.329 e. The summed E-state index contributed by atoms with van der Waals surface area (Å²) in [6.07, 6.45) is 3.62. The molecular formula is C13H16N4OS. The molecule has 6 heteroatoms. The lowest BCUT2D eigenvalue weighted by Gasteiger charge is -2.15. The average Bonchev–Trinajstić information content (AvgIpc) is 2.85. The predicted molar refractivity (Wildman–Crippen MR) is 75.4 cm³/mol. The van der Waals surface area contributed by atoms with E-state index >= 15 is 0 Å². The van der Waals surface area contributed by atoms with Crippen molar-refractivity contribution < 1.29 is 4.79 Å². The van der Waals surface area contributed by atoms with E-state index in [0.29, 0.717) is 5.75 Å². The Morgan fingerprint density at radius 3 is 2.79 bits per heavy atom. The number of nitrogens with zero attached hydrogens (tertiary/aromatic N) is 2. The van der Waals surface area contributed by atoms with Crippen LogP contribution in [0, 0.1) is 0 Å². The number of nitrogens with two attached hydrogens (primary N) is 1. The van der Waals surface area contributed by atoms with Crippen molar-refractivity contribution in [2.75, 3.05) is 5.75 Å². The molecule has 19 heavy (non-hydrogen) atoms. The van der Waals surface area contributed by atoms with Gasteiger partial charge in [-0.25, -0.2) is 10.8 Å². The molecule has 1 aromatic carbocycles. The molecule has 3 N–H and O–H groups in total. The number of carbonyl (C=O) groups excluding carboxylic acids is 1. The second-order valence-electron chi connectivity index (χ2n) is 4.10. The number of benzene rings is 1. The van der Waals surface area contributed by atoms with Crippen LogP contribution in [-0.2, 0) is 11.8 Å². The molecule has 100 valence electrons. The number of hydrogen-bond acceptors (Lipinski definition) is 4. The van der Waals surface area contributed by atoms with Crippen molar-refractivity contribution in [2.45, 2.75) is 11.1 Å². The number of imidazole rings is 1. The number of thioether (sulfide) groups is 1. The van der Waals surface area contributed by atoms with Crippen LogP contribution in [0.5, 0.6) is 0 Å². The second kappa shape index (κ2) is 6.40. The molecule has 5 nitrogen and oxygen atoms in total. The molecule has 1 atom stereocenters. The first kappa shape index (κ1) is 13.6. The summed E-state index contributed by atoms with van der Waals surface area (Å²) >= 11 is 1.54. The first-order chi connectivity index (χ1) is 9.22. The standard InChI is InChI=1S/C13H16N4OS/c1-17-8-7-15-13(17)19-9-11(12(18)16-14)10-5-3-2-4-6-10/h2-8,11H,9,14H2,1H3,(H,16,18). The quantitative estimate of drug-likeness (QED) is 0.373. The van der Waals surface area contributed by atoms with E-state index in [1.807, 2.05) is 48.1 Å². The van der Waals surface area contributed by atoms with Gasteiger partial charge in [-0.3, -0.25) is 10.2 Å². The van der Waals surface area contributed by atoms with E-state index in [1.165, 1.54) is 11.8 Å². The molecule has 1 aromatic heterocycles. The maximum Gasteiger partial charge on any atom is 0.242 e. The van der Waals surface area contributed by atoms with Crippen molar-refractivity contribution in [1.29, 1.82) is 0 Å². The number of hydrazine groups is 1. The van der Waals surface area contributed by atoms with E-state index in [2.05, 4.69) is 10.4 Å². The molecule has 0 saturated heterocycles. The summed E-state index contributed by atoms with van der Waals surface area (Å²) < 4.78 is 1.92. The lowest BCUT2D eigenvalue weighted by Crippen LogP contribution is -2.35. The Balaban J connectivity index is 2.11. The molecule has 0 fully saturated rings. The van der Waals surface area contributed by atoms with Gasteiger partial charge in [0.25, 0.3) is 0 Å². The Morgan fingerprint density at radius 2 is 2.21 bits per heavy atom. The number of carbonyl (C=O) groups is 1. The van der Waals surface area contributed by atoms with Gasteiger partial charge in [0.2, 0.25) is 5.91 Å². The van der Waals surface area contributed by atoms with Gasteiger partial charge in [-0.15, -0.1) is 0 Å². The third kappa shape index (κ3) is 3.36. The van der Waals surface area contributed by atoms with E-state index in [1.54, 1.807) is 6.20 Å². The Labute approximate surface area is 116 Å². The Bertz CT molecular complexity index is 541. The first-order valence-corrected chi connectivity index (χ1v) is 6.86. The van der Waals surface area contributed by atoms with E-state index in [-0.39, 0.29) is 11.8 Å². The van der Waals surface area contributed by atoms with Crippen LogP contribution in [-0.4, -0.2) is 21.2 Å². The SMILES string of the molecule is Cn1ccnc1SCC(C(=O)NN)c1ccccc1. The molecular weight excluding hydrogens is 260 g/mol. The Morgan fingerprint density at radius 1 is 1.47 bits per heavy atom. The minimum Gasteiger partial charge on any atom is -0.329 e. The summed E-state index contributed by atoms with van der Waals surface area (Å²) in [5.74, 6) is 5.38. The van der Waals surface area contributed by atoms with Crippen LogP contribution in [0.2, 0.25) is 0 Å². The first-order valence-electron chi connectivity index (χ1n) is 5.88. The highest BCUT2D eigenvalue weighted by Crippen LogP contribution is 2.25. The summed E-state index contributed by atoms with van der Waals surface area (Å²) in [6.45, 7) is 0. The Kier molecular flexibility index (Phi) is 4.59. The fourth-order valence-corrected chi connectivity index (χ4v) is 2.82. The van der Waals surface area contributed by atoms with Crippen molar-refractivity contribution in [1.82, 2.24) is 15.0 Å². The fraction of sp³-hybridized carbons (Fsp3) is 0.231. The highest BCUT2D eigenvalue weighted by Gasteiger charge is 2.20. The molecule has 0 saturated carbocycles. The summed E-state index contributed by atoms with van der Waals surface area (Å²) in [5.41, 5.74) is 3.18. The van der Waals surface area contributed by atoms with E-state index in [4.69, 9.17) is 5.84 Å². The van der Waals surface area contributed by atoms with Crippen LogP contribution in [0.15, 0.2) is 47.9 Å². The number of aryl methyl sites for hydroxylation is 1. The molecule has 1 heterocycles. The number of amides is 1. The van der Waals surface area contributed by atoms with Gasteiger partial charge in [0.1, 0.15) is 0 Å². The third-order valence-corrected chi connectivity index (χ3v) is 3.97. The van der Waals surface area contributed by atoms with Gasteiger partial charge in [-0.05, 0) is 5.56 Å². The number of aromatic nitrogens is 2. The van der Waals surface area contributed by atoms with Gasteiger partial charge in [0.15, 0.2) is 5.16 Å². The zero-order valence-electron chi connectivity index (χ0n) is 10.6. The minimum absolute atomic E-state index is 0.187. The average molecular weight is 276 g/mol. The van der Waals surface area contributed by atoms with Gasteiger partial charge in [0.05, 0.1) is 5.92 Å². The van der Waals surface area contributed by atoms with Gasteiger partial charge >= 0.3 is 0 Å². The van der Waals surface area contributed by atoms with Crippen LogP contribution in [0.4, 0.5) is 0 Å². The zero-order valence-corrected chi connectivity index (χ0v) is 11.4. The molecule has 1 amide bonds. The van der Waals surface area contributed by atoms with Crippen LogP contribution in [0.3, 0.4) is 0 Å². The number of rotatable bonds is 5. The van der Waals surface area contributed by atoms with Crippen molar-refractivity contribution >= 4 is 17.7 Å². The van der Waals surface area contributed by atoms with Crippen LogP contribution >= 0.6 is 11.8 Å². The van der Waals surface area contributed by atoms with Crippen molar-refractivity contribution in [2.24, 2.45) is 12.9 Å². The Hall–Kier alpha value is -1.79. The van der Waals surface area contributed by atoms with E-state index in [9.17, 15) is 4.79 Å². The topological polar surface area (TPSA) is 72.9 Å². The van der Waals surface area contributed by atoms with Crippen molar-refractivity contribution in [3.63, 3.8) is 0 Å². The van der Waals surface area contributed by atoms with Crippen molar-refractivity contribution in [3.05, 3.63) is 48.3 Å². The van der Waals surface area contributed by atoms with Gasteiger partial charge in [-0.2, -0.15) is 0 Å². The van der Waals surface area contributed by atoms with E-state index in [0.717, 1.165) is 10.7 Å². The molecule has 2 aromatic rings. The summed E-state index contributed by atoms with van der Waals surface area (Å²) in [6, 6.07) is 9.61. The number of hydrogen-bond donors (Lipinski definition) is 2. The predicted octanol–water partition coefficient (Wildman–Crippen LogP) is 1.29. The molecule has 1 unspecified atom stereocenters. The maximum atomic E-state index is 11.9. The van der Waals surface area contributed by atoms with Crippen LogP contribution in [0.1, 0.15) is 11.5 Å². The maximum absolute atomic E-state index is 11.9.